The number of anilines is 1. The van der Waals surface area contributed by atoms with Crippen LogP contribution in [0.15, 0.2) is 91.4 Å². The van der Waals surface area contributed by atoms with Crippen LogP contribution >= 0.6 is 0 Å². The number of rotatable bonds is 11. The lowest BCUT2D eigenvalue weighted by Crippen LogP contribution is -2.10. The topological polar surface area (TPSA) is 56.3 Å². The highest BCUT2D eigenvalue weighted by Gasteiger charge is 2.21. The van der Waals surface area contributed by atoms with Crippen LogP contribution in [0, 0.1) is 0 Å². The van der Waals surface area contributed by atoms with Crippen LogP contribution in [-0.4, -0.2) is 23.2 Å². The van der Waals surface area contributed by atoms with Gasteiger partial charge >= 0.3 is 13.2 Å². The number of hydrogen-bond donors (Lipinski definition) is 1. The Labute approximate surface area is 205 Å². The molecule has 0 amide bonds. The minimum Gasteiger partial charge on any atom is -0.431 e. The summed E-state index contributed by atoms with van der Waals surface area (Å²) in [5.74, 6) is -0.580. The van der Waals surface area contributed by atoms with Gasteiger partial charge in [0.25, 0.3) is 0 Å². The summed E-state index contributed by atoms with van der Waals surface area (Å²) in [5.41, 5.74) is 3.44. The quantitative estimate of drug-likeness (QED) is 0.235. The fourth-order valence-electron chi connectivity index (χ4n) is 3.81. The van der Waals surface area contributed by atoms with Crippen molar-refractivity contribution in [3.63, 3.8) is 0 Å². The molecule has 1 N–H and O–H groups in total. The van der Waals surface area contributed by atoms with Crippen molar-refractivity contribution in [1.29, 1.82) is 0 Å². The predicted molar refractivity (Wildman–Crippen MR) is 127 cm³/mol. The highest BCUT2D eigenvalue weighted by molar-refractivity contribution is 5.47. The molecule has 2 heterocycles. The smallest absolute Gasteiger partial charge is 0.387 e. The molecular formula is C27H23F4N3O2. The van der Waals surface area contributed by atoms with E-state index in [1.54, 1.807) is 24.7 Å². The molecule has 0 aliphatic heterocycles. The van der Waals surface area contributed by atoms with Gasteiger partial charge in [-0.3, -0.25) is 4.98 Å². The second-order valence-electron chi connectivity index (χ2n) is 7.89. The molecule has 0 saturated heterocycles. The average Bonchev–Trinajstić information content (AvgIpc) is 2.88. The van der Waals surface area contributed by atoms with Crippen LogP contribution in [0.1, 0.15) is 28.2 Å². The molecule has 2 aromatic carbocycles. The maximum atomic E-state index is 13.0. The van der Waals surface area contributed by atoms with Gasteiger partial charge in [0, 0.05) is 31.1 Å². The van der Waals surface area contributed by atoms with Crippen LogP contribution in [-0.2, 0) is 13.0 Å². The van der Waals surface area contributed by atoms with Crippen molar-refractivity contribution in [2.45, 2.75) is 32.1 Å². The third-order valence-electron chi connectivity index (χ3n) is 5.50. The molecule has 4 aromatic rings. The fourth-order valence-corrected chi connectivity index (χ4v) is 3.81. The van der Waals surface area contributed by atoms with E-state index in [1.807, 2.05) is 54.6 Å². The van der Waals surface area contributed by atoms with Gasteiger partial charge in [-0.2, -0.15) is 17.6 Å². The van der Waals surface area contributed by atoms with Gasteiger partial charge in [-0.1, -0.05) is 42.5 Å². The van der Waals surface area contributed by atoms with E-state index in [4.69, 9.17) is 0 Å². The summed E-state index contributed by atoms with van der Waals surface area (Å²) in [7, 11) is 0. The third-order valence-corrected chi connectivity index (χ3v) is 5.50. The number of aromatic nitrogens is 2. The Morgan fingerprint density at radius 3 is 2.08 bits per heavy atom. The minimum absolute atomic E-state index is 0.330. The third kappa shape index (κ3) is 6.94. The van der Waals surface area contributed by atoms with Crippen LogP contribution in [0.25, 0.3) is 0 Å². The molecule has 186 valence electrons. The summed E-state index contributed by atoms with van der Waals surface area (Å²) in [6.07, 6.45) is 5.51. The van der Waals surface area contributed by atoms with E-state index in [9.17, 15) is 17.6 Å². The minimum atomic E-state index is -3.20. The molecule has 2 aromatic heterocycles. The van der Waals surface area contributed by atoms with Crippen LogP contribution in [0.5, 0.6) is 11.5 Å². The molecule has 0 fully saturated rings. The summed E-state index contributed by atoms with van der Waals surface area (Å²) < 4.78 is 60.4. The van der Waals surface area contributed by atoms with Crippen molar-refractivity contribution >= 4 is 5.82 Å². The van der Waals surface area contributed by atoms with E-state index in [0.29, 0.717) is 24.3 Å². The fraction of sp³-hybridized carbons (Fsp3) is 0.185. The Balaban J connectivity index is 1.62. The zero-order chi connectivity index (χ0) is 25.3. The lowest BCUT2D eigenvalue weighted by atomic mass is 9.87. The van der Waals surface area contributed by atoms with Crippen LogP contribution in [0.2, 0.25) is 0 Å². The molecule has 1 atom stereocenters. The van der Waals surface area contributed by atoms with Gasteiger partial charge in [-0.25, -0.2) is 4.98 Å². The molecule has 0 bridgehead atoms. The summed E-state index contributed by atoms with van der Waals surface area (Å²) >= 11 is 0. The van der Waals surface area contributed by atoms with E-state index in [1.165, 1.54) is 12.1 Å². The Bertz CT molecular complexity index is 1230. The first-order valence-corrected chi connectivity index (χ1v) is 11.1. The SMILES string of the molecule is FC(F)Oc1ccc(C(Cc2ccncc2)c2ccc(NCc3ccccc3)nc2)cc1OC(F)F. The lowest BCUT2D eigenvalue weighted by molar-refractivity contribution is -0.0692. The number of ether oxygens (including phenoxy) is 2. The predicted octanol–water partition coefficient (Wildman–Crippen LogP) is 6.67. The number of halogens is 4. The van der Waals surface area contributed by atoms with Gasteiger partial charge in [-0.15, -0.1) is 0 Å². The maximum Gasteiger partial charge on any atom is 0.387 e. The molecule has 1 unspecified atom stereocenters. The largest absolute Gasteiger partial charge is 0.431 e. The zero-order valence-electron chi connectivity index (χ0n) is 19.0. The van der Waals surface area contributed by atoms with Crippen LogP contribution in [0.3, 0.4) is 0 Å². The van der Waals surface area contributed by atoms with Gasteiger partial charge in [0.15, 0.2) is 11.5 Å². The highest BCUT2D eigenvalue weighted by Crippen LogP contribution is 2.37. The summed E-state index contributed by atoms with van der Waals surface area (Å²) in [4.78, 5) is 8.54. The maximum absolute atomic E-state index is 13.0. The van der Waals surface area contributed by atoms with E-state index < -0.39 is 24.7 Å². The van der Waals surface area contributed by atoms with E-state index in [0.717, 1.165) is 16.7 Å². The monoisotopic (exact) mass is 497 g/mol. The van der Waals surface area contributed by atoms with Crippen molar-refractivity contribution in [3.8, 4) is 11.5 Å². The van der Waals surface area contributed by atoms with Crippen molar-refractivity contribution < 1.29 is 27.0 Å². The molecular weight excluding hydrogens is 474 g/mol. The van der Waals surface area contributed by atoms with Crippen LogP contribution < -0.4 is 14.8 Å². The van der Waals surface area contributed by atoms with Crippen molar-refractivity contribution in [2.75, 3.05) is 5.32 Å². The van der Waals surface area contributed by atoms with E-state index in [-0.39, 0.29) is 5.92 Å². The number of alkyl halides is 4. The summed E-state index contributed by atoms with van der Waals surface area (Å²) in [6, 6.07) is 21.4. The molecule has 0 aliphatic rings. The van der Waals surface area contributed by atoms with Crippen molar-refractivity contribution in [3.05, 3.63) is 114 Å². The summed E-state index contributed by atoms with van der Waals surface area (Å²) in [5, 5.41) is 3.26. The Kier molecular flexibility index (Phi) is 8.33. The van der Waals surface area contributed by atoms with Gasteiger partial charge in [0.05, 0.1) is 0 Å². The molecule has 0 aliphatic carbocycles. The number of benzene rings is 2. The number of nitrogens with zero attached hydrogens (tertiary/aromatic N) is 2. The molecule has 36 heavy (non-hydrogen) atoms. The number of hydrogen-bond acceptors (Lipinski definition) is 5. The molecule has 0 saturated carbocycles. The normalized spacial score (nSPS) is 11.9. The molecule has 0 radical (unpaired) electrons. The molecule has 0 spiro atoms. The number of pyridine rings is 2. The highest BCUT2D eigenvalue weighted by atomic mass is 19.3. The van der Waals surface area contributed by atoms with Gasteiger partial charge in [-0.05, 0) is 59.0 Å². The van der Waals surface area contributed by atoms with E-state index in [2.05, 4.69) is 24.8 Å². The van der Waals surface area contributed by atoms with Gasteiger partial charge in [0.2, 0.25) is 0 Å². The Morgan fingerprint density at radius 1 is 0.722 bits per heavy atom. The first kappa shape index (κ1) is 25.0. The molecule has 4 rings (SSSR count). The first-order chi connectivity index (χ1) is 17.5. The summed E-state index contributed by atoms with van der Waals surface area (Å²) in [6.45, 7) is -5.77. The second kappa shape index (κ2) is 12.0. The first-order valence-electron chi connectivity index (χ1n) is 11.1. The molecule has 5 nitrogen and oxygen atoms in total. The van der Waals surface area contributed by atoms with Gasteiger partial charge < -0.3 is 14.8 Å². The van der Waals surface area contributed by atoms with E-state index >= 15 is 0 Å². The zero-order valence-corrected chi connectivity index (χ0v) is 19.0. The molecule has 9 heteroatoms. The lowest BCUT2D eigenvalue weighted by Gasteiger charge is -2.20. The van der Waals surface area contributed by atoms with Gasteiger partial charge in [0.1, 0.15) is 5.82 Å². The second-order valence-corrected chi connectivity index (χ2v) is 7.89. The standard InChI is InChI=1S/C27H23F4N3O2/c28-26(29)35-23-8-6-20(15-24(23)36-27(30)31)22(14-18-10-12-32-13-11-18)21-7-9-25(34-17-21)33-16-19-4-2-1-3-5-19/h1-13,15,17,22,26-27H,14,16H2,(H,33,34). The Hall–Kier alpha value is -4.14. The van der Waals surface area contributed by atoms with Crippen molar-refractivity contribution in [1.82, 2.24) is 9.97 Å². The average molecular weight is 497 g/mol. The Morgan fingerprint density at radius 2 is 1.42 bits per heavy atom. The van der Waals surface area contributed by atoms with Crippen LogP contribution in [0.4, 0.5) is 23.4 Å². The van der Waals surface area contributed by atoms with Crippen molar-refractivity contribution in [2.24, 2.45) is 0 Å². The number of nitrogens with one attached hydrogen (secondary N) is 1.